The standard InChI is InChI=1S/C18H25N3O3.ClH/c1-24-13-18(6-8-19-9-7-18)17(23)20-10-11-21-15-5-3-2-4-14(15)12-16(21)22;/h2-5,19H,6-13H2,1H3,(H,20,23);1H. The molecule has 7 heteroatoms. The number of methoxy groups -OCH3 is 1. The number of carbonyl (C=O) groups is 2. The van der Waals surface area contributed by atoms with Gasteiger partial charge in [-0.25, -0.2) is 0 Å². The zero-order chi connectivity index (χ0) is 17.0. The van der Waals surface area contributed by atoms with E-state index in [0.717, 1.165) is 37.2 Å². The first-order valence-electron chi connectivity index (χ1n) is 8.52. The van der Waals surface area contributed by atoms with Crippen LogP contribution >= 0.6 is 12.4 Å². The van der Waals surface area contributed by atoms with Gasteiger partial charge in [0, 0.05) is 25.9 Å². The first-order valence-corrected chi connectivity index (χ1v) is 8.52. The van der Waals surface area contributed by atoms with Gasteiger partial charge in [-0.2, -0.15) is 0 Å². The van der Waals surface area contributed by atoms with E-state index < -0.39 is 5.41 Å². The SMILES string of the molecule is COCC1(C(=O)NCCN2C(=O)Cc3ccccc32)CCNCC1.Cl. The molecule has 2 N–H and O–H groups in total. The van der Waals surface area contributed by atoms with E-state index in [4.69, 9.17) is 4.74 Å². The van der Waals surface area contributed by atoms with Gasteiger partial charge < -0.3 is 20.3 Å². The van der Waals surface area contributed by atoms with Crippen molar-refractivity contribution in [2.45, 2.75) is 19.3 Å². The monoisotopic (exact) mass is 367 g/mol. The predicted molar refractivity (Wildman–Crippen MR) is 99.2 cm³/mol. The van der Waals surface area contributed by atoms with Crippen molar-refractivity contribution in [3.05, 3.63) is 29.8 Å². The number of ether oxygens (including phenoxy) is 1. The number of para-hydroxylation sites is 1. The summed E-state index contributed by atoms with van der Waals surface area (Å²) in [4.78, 5) is 26.6. The molecule has 0 aromatic heterocycles. The number of hydrogen-bond donors (Lipinski definition) is 2. The fourth-order valence-electron chi connectivity index (χ4n) is 3.65. The largest absolute Gasteiger partial charge is 0.384 e. The molecule has 138 valence electrons. The van der Waals surface area contributed by atoms with Gasteiger partial charge in [0.2, 0.25) is 11.8 Å². The normalized spacial score (nSPS) is 18.4. The quantitative estimate of drug-likeness (QED) is 0.790. The molecule has 0 radical (unpaired) electrons. The predicted octanol–water partition coefficient (Wildman–Crippen LogP) is 1.13. The highest BCUT2D eigenvalue weighted by atomic mass is 35.5. The topological polar surface area (TPSA) is 70.7 Å². The molecule has 1 aromatic rings. The van der Waals surface area contributed by atoms with Crippen LogP contribution < -0.4 is 15.5 Å². The van der Waals surface area contributed by atoms with E-state index in [9.17, 15) is 9.59 Å². The number of nitrogens with one attached hydrogen (secondary N) is 2. The lowest BCUT2D eigenvalue weighted by Crippen LogP contribution is -2.51. The summed E-state index contributed by atoms with van der Waals surface area (Å²) < 4.78 is 5.30. The molecule has 25 heavy (non-hydrogen) atoms. The first-order chi connectivity index (χ1) is 11.7. The number of anilines is 1. The van der Waals surface area contributed by atoms with Crippen molar-refractivity contribution in [3.8, 4) is 0 Å². The Kier molecular flexibility index (Phi) is 6.81. The van der Waals surface area contributed by atoms with Crippen LogP contribution in [0.3, 0.4) is 0 Å². The lowest BCUT2D eigenvalue weighted by Gasteiger charge is -2.35. The zero-order valence-corrected chi connectivity index (χ0v) is 15.4. The lowest BCUT2D eigenvalue weighted by molar-refractivity contribution is -0.136. The molecule has 1 saturated heterocycles. The van der Waals surface area contributed by atoms with E-state index in [-0.39, 0.29) is 24.2 Å². The third kappa shape index (κ3) is 4.14. The average molecular weight is 368 g/mol. The second-order valence-corrected chi connectivity index (χ2v) is 6.57. The molecule has 6 nitrogen and oxygen atoms in total. The summed E-state index contributed by atoms with van der Waals surface area (Å²) in [5, 5.41) is 6.30. The lowest BCUT2D eigenvalue weighted by atomic mass is 9.78. The fourth-order valence-corrected chi connectivity index (χ4v) is 3.65. The van der Waals surface area contributed by atoms with Crippen LogP contribution in [0.4, 0.5) is 5.69 Å². The van der Waals surface area contributed by atoms with E-state index in [1.165, 1.54) is 0 Å². The molecular formula is C18H26ClN3O3. The number of carbonyl (C=O) groups excluding carboxylic acids is 2. The van der Waals surface area contributed by atoms with E-state index in [0.29, 0.717) is 26.1 Å². The number of fused-ring (bicyclic) bond motifs is 1. The number of nitrogens with zero attached hydrogens (tertiary/aromatic N) is 1. The minimum Gasteiger partial charge on any atom is -0.384 e. The van der Waals surface area contributed by atoms with Crippen molar-refractivity contribution < 1.29 is 14.3 Å². The summed E-state index contributed by atoms with van der Waals surface area (Å²) in [6.45, 7) is 3.05. The molecule has 0 atom stereocenters. The van der Waals surface area contributed by atoms with Crippen molar-refractivity contribution in [1.82, 2.24) is 10.6 Å². The van der Waals surface area contributed by atoms with Crippen LogP contribution in [0.2, 0.25) is 0 Å². The molecule has 2 amide bonds. The Morgan fingerprint density at radius 3 is 2.76 bits per heavy atom. The van der Waals surface area contributed by atoms with Gasteiger partial charge in [-0.05, 0) is 37.6 Å². The van der Waals surface area contributed by atoms with Crippen LogP contribution in [0.15, 0.2) is 24.3 Å². The molecule has 0 unspecified atom stereocenters. The molecule has 0 saturated carbocycles. The smallest absolute Gasteiger partial charge is 0.231 e. The summed E-state index contributed by atoms with van der Waals surface area (Å²) >= 11 is 0. The molecule has 0 bridgehead atoms. The number of piperidine rings is 1. The van der Waals surface area contributed by atoms with Crippen molar-refractivity contribution in [1.29, 1.82) is 0 Å². The fraction of sp³-hybridized carbons (Fsp3) is 0.556. The molecular weight excluding hydrogens is 342 g/mol. The van der Waals surface area contributed by atoms with E-state index >= 15 is 0 Å². The molecule has 1 aromatic carbocycles. The summed E-state index contributed by atoms with van der Waals surface area (Å²) in [7, 11) is 1.64. The summed E-state index contributed by atoms with van der Waals surface area (Å²) in [6, 6.07) is 7.82. The summed E-state index contributed by atoms with van der Waals surface area (Å²) in [5.41, 5.74) is 1.57. The Labute approximate surface area is 154 Å². The average Bonchev–Trinajstić information content (AvgIpc) is 2.91. The first kappa shape index (κ1) is 19.7. The Balaban J connectivity index is 0.00000225. The van der Waals surface area contributed by atoms with Gasteiger partial charge in [0.1, 0.15) is 0 Å². The third-order valence-corrected chi connectivity index (χ3v) is 5.01. The number of benzene rings is 1. The highest BCUT2D eigenvalue weighted by Crippen LogP contribution is 2.30. The van der Waals surface area contributed by atoms with Crippen molar-refractivity contribution >= 4 is 29.9 Å². The van der Waals surface area contributed by atoms with Crippen LogP contribution in [0.25, 0.3) is 0 Å². The molecule has 2 aliphatic heterocycles. The Hall–Kier alpha value is -1.63. The highest BCUT2D eigenvalue weighted by molar-refractivity contribution is 6.01. The second kappa shape index (κ2) is 8.65. The maximum absolute atomic E-state index is 12.7. The van der Waals surface area contributed by atoms with Crippen molar-refractivity contribution in [3.63, 3.8) is 0 Å². The van der Waals surface area contributed by atoms with Crippen molar-refractivity contribution in [2.75, 3.05) is 44.8 Å². The van der Waals surface area contributed by atoms with Gasteiger partial charge in [-0.3, -0.25) is 9.59 Å². The van der Waals surface area contributed by atoms with Crippen LogP contribution in [0, 0.1) is 5.41 Å². The molecule has 3 rings (SSSR count). The number of amides is 2. The Morgan fingerprint density at radius 2 is 2.04 bits per heavy atom. The number of halogens is 1. The van der Waals surface area contributed by atoms with Gasteiger partial charge in [0.15, 0.2) is 0 Å². The van der Waals surface area contributed by atoms with Gasteiger partial charge in [-0.1, -0.05) is 18.2 Å². The van der Waals surface area contributed by atoms with Gasteiger partial charge in [0.05, 0.1) is 18.4 Å². The van der Waals surface area contributed by atoms with Crippen LogP contribution in [0.5, 0.6) is 0 Å². The minimum absolute atomic E-state index is 0. The summed E-state index contributed by atoms with van der Waals surface area (Å²) in [5.74, 6) is 0.129. The molecule has 0 aliphatic carbocycles. The highest BCUT2D eigenvalue weighted by Gasteiger charge is 2.39. The molecule has 1 fully saturated rings. The van der Waals surface area contributed by atoms with Gasteiger partial charge in [0.25, 0.3) is 0 Å². The zero-order valence-electron chi connectivity index (χ0n) is 14.5. The number of hydrogen-bond acceptors (Lipinski definition) is 4. The van der Waals surface area contributed by atoms with Gasteiger partial charge in [-0.15, -0.1) is 12.4 Å². The molecule has 0 spiro atoms. The Bertz CT molecular complexity index is 612. The van der Waals surface area contributed by atoms with Crippen LogP contribution in [0.1, 0.15) is 18.4 Å². The number of rotatable bonds is 6. The minimum atomic E-state index is -0.451. The Morgan fingerprint density at radius 1 is 1.32 bits per heavy atom. The van der Waals surface area contributed by atoms with E-state index in [1.807, 2.05) is 24.3 Å². The summed E-state index contributed by atoms with van der Waals surface area (Å²) in [6.07, 6.45) is 2.00. The van der Waals surface area contributed by atoms with Crippen molar-refractivity contribution in [2.24, 2.45) is 5.41 Å². The van der Waals surface area contributed by atoms with Gasteiger partial charge >= 0.3 is 0 Å². The maximum Gasteiger partial charge on any atom is 0.231 e. The van der Waals surface area contributed by atoms with E-state index in [2.05, 4.69) is 10.6 Å². The van der Waals surface area contributed by atoms with Crippen LogP contribution in [-0.2, 0) is 20.7 Å². The van der Waals surface area contributed by atoms with Crippen LogP contribution in [-0.4, -0.2) is 51.7 Å². The molecule has 2 aliphatic rings. The maximum atomic E-state index is 12.7. The second-order valence-electron chi connectivity index (χ2n) is 6.57. The molecule has 2 heterocycles. The third-order valence-electron chi connectivity index (χ3n) is 5.01. The van der Waals surface area contributed by atoms with E-state index in [1.54, 1.807) is 12.0 Å².